The van der Waals surface area contributed by atoms with Crippen LogP contribution in [0.1, 0.15) is 5.56 Å². The van der Waals surface area contributed by atoms with Gasteiger partial charge in [0.05, 0.1) is 6.61 Å². The molecule has 0 aromatic heterocycles. The fraction of sp³-hybridized carbons (Fsp3) is 0.455. The standard InChI is InChI=1S/C11H16FNO2/c1-14-7-8-15-11-9(5-6-13)3-2-4-10(11)12/h2-4H,5-8,13H2,1H3. The zero-order valence-corrected chi connectivity index (χ0v) is 8.83. The van der Waals surface area contributed by atoms with E-state index in [0.717, 1.165) is 5.56 Å². The Hall–Kier alpha value is -1.13. The van der Waals surface area contributed by atoms with E-state index in [4.69, 9.17) is 15.2 Å². The van der Waals surface area contributed by atoms with Crippen LogP contribution in [0.2, 0.25) is 0 Å². The molecule has 0 aliphatic rings. The van der Waals surface area contributed by atoms with Gasteiger partial charge in [-0.05, 0) is 24.6 Å². The first-order valence-electron chi connectivity index (χ1n) is 4.88. The summed E-state index contributed by atoms with van der Waals surface area (Å²) in [7, 11) is 1.57. The highest BCUT2D eigenvalue weighted by molar-refractivity contribution is 5.35. The average Bonchev–Trinajstić information content (AvgIpc) is 2.23. The molecule has 0 radical (unpaired) electrons. The topological polar surface area (TPSA) is 44.5 Å². The number of ether oxygens (including phenoxy) is 2. The molecule has 15 heavy (non-hydrogen) atoms. The number of methoxy groups -OCH3 is 1. The minimum atomic E-state index is -0.350. The Kier molecular flexibility index (Phi) is 5.07. The lowest BCUT2D eigenvalue weighted by atomic mass is 10.1. The third-order valence-corrected chi connectivity index (χ3v) is 2.00. The van der Waals surface area contributed by atoms with Crippen molar-refractivity contribution in [2.75, 3.05) is 26.9 Å². The molecule has 0 bridgehead atoms. The van der Waals surface area contributed by atoms with E-state index in [9.17, 15) is 4.39 Å². The summed E-state index contributed by atoms with van der Waals surface area (Å²) < 4.78 is 23.5. The second-order valence-electron chi connectivity index (χ2n) is 3.11. The number of nitrogens with two attached hydrogens (primary N) is 1. The molecule has 3 nitrogen and oxygen atoms in total. The van der Waals surface area contributed by atoms with E-state index in [1.165, 1.54) is 6.07 Å². The van der Waals surface area contributed by atoms with Crippen LogP contribution in [0, 0.1) is 5.82 Å². The van der Waals surface area contributed by atoms with Crippen LogP contribution in [0.5, 0.6) is 5.75 Å². The van der Waals surface area contributed by atoms with Crippen LogP contribution < -0.4 is 10.5 Å². The van der Waals surface area contributed by atoms with E-state index in [-0.39, 0.29) is 5.82 Å². The average molecular weight is 213 g/mol. The van der Waals surface area contributed by atoms with Crippen molar-refractivity contribution in [1.29, 1.82) is 0 Å². The molecule has 1 aromatic rings. The van der Waals surface area contributed by atoms with Crippen molar-refractivity contribution in [3.63, 3.8) is 0 Å². The Morgan fingerprint density at radius 1 is 1.33 bits per heavy atom. The SMILES string of the molecule is COCCOc1c(F)cccc1CCN. The lowest BCUT2D eigenvalue weighted by molar-refractivity contribution is 0.143. The molecule has 1 aromatic carbocycles. The summed E-state index contributed by atoms with van der Waals surface area (Å²) in [5, 5.41) is 0. The van der Waals surface area contributed by atoms with Gasteiger partial charge >= 0.3 is 0 Å². The molecular weight excluding hydrogens is 197 g/mol. The Labute approximate surface area is 89.0 Å². The molecule has 0 saturated heterocycles. The fourth-order valence-electron chi connectivity index (χ4n) is 1.29. The normalized spacial score (nSPS) is 10.3. The van der Waals surface area contributed by atoms with Gasteiger partial charge in [-0.2, -0.15) is 0 Å². The number of benzene rings is 1. The van der Waals surface area contributed by atoms with Crippen LogP contribution in [0.4, 0.5) is 4.39 Å². The van der Waals surface area contributed by atoms with E-state index in [0.29, 0.717) is 31.9 Å². The van der Waals surface area contributed by atoms with E-state index >= 15 is 0 Å². The Morgan fingerprint density at radius 3 is 2.80 bits per heavy atom. The van der Waals surface area contributed by atoms with Crippen molar-refractivity contribution in [2.45, 2.75) is 6.42 Å². The largest absolute Gasteiger partial charge is 0.488 e. The van der Waals surface area contributed by atoms with Crippen LogP contribution in [-0.4, -0.2) is 26.9 Å². The van der Waals surface area contributed by atoms with E-state index in [1.807, 2.05) is 6.07 Å². The van der Waals surface area contributed by atoms with Crippen molar-refractivity contribution >= 4 is 0 Å². The predicted octanol–water partition coefficient (Wildman–Crippen LogP) is 1.35. The first-order valence-corrected chi connectivity index (χ1v) is 4.88. The molecule has 0 unspecified atom stereocenters. The molecule has 4 heteroatoms. The fourth-order valence-corrected chi connectivity index (χ4v) is 1.29. The molecule has 1 rings (SSSR count). The Bertz CT molecular complexity index is 305. The van der Waals surface area contributed by atoms with Gasteiger partial charge in [0.1, 0.15) is 6.61 Å². The number of hydrogen-bond acceptors (Lipinski definition) is 3. The molecule has 0 aliphatic carbocycles. The minimum absolute atomic E-state index is 0.292. The van der Waals surface area contributed by atoms with E-state index in [2.05, 4.69) is 0 Å². The van der Waals surface area contributed by atoms with Gasteiger partial charge in [0.25, 0.3) is 0 Å². The summed E-state index contributed by atoms with van der Waals surface area (Å²) in [5.74, 6) is -0.0583. The van der Waals surface area contributed by atoms with Crippen molar-refractivity contribution in [3.05, 3.63) is 29.6 Å². The maximum atomic E-state index is 13.4. The number of halogens is 1. The molecule has 0 heterocycles. The summed E-state index contributed by atoms with van der Waals surface area (Å²) in [6.45, 7) is 1.26. The zero-order chi connectivity index (χ0) is 11.1. The second-order valence-corrected chi connectivity index (χ2v) is 3.11. The summed E-state index contributed by atoms with van der Waals surface area (Å²) >= 11 is 0. The first-order chi connectivity index (χ1) is 7.29. The number of rotatable bonds is 6. The first kappa shape index (κ1) is 11.9. The highest BCUT2D eigenvalue weighted by Crippen LogP contribution is 2.22. The van der Waals surface area contributed by atoms with E-state index in [1.54, 1.807) is 13.2 Å². The quantitative estimate of drug-likeness (QED) is 0.725. The highest BCUT2D eigenvalue weighted by Gasteiger charge is 2.08. The molecule has 0 amide bonds. The summed E-state index contributed by atoms with van der Waals surface area (Å²) in [4.78, 5) is 0. The van der Waals surface area contributed by atoms with Gasteiger partial charge in [-0.3, -0.25) is 0 Å². The molecule has 0 aliphatic heterocycles. The number of para-hydroxylation sites is 1. The molecule has 2 N–H and O–H groups in total. The molecule has 0 spiro atoms. The predicted molar refractivity (Wildman–Crippen MR) is 56.5 cm³/mol. The molecule has 84 valence electrons. The van der Waals surface area contributed by atoms with Crippen LogP contribution in [0.25, 0.3) is 0 Å². The third-order valence-electron chi connectivity index (χ3n) is 2.00. The zero-order valence-electron chi connectivity index (χ0n) is 8.83. The summed E-state index contributed by atoms with van der Waals surface area (Å²) in [5.41, 5.74) is 6.23. The van der Waals surface area contributed by atoms with Crippen molar-refractivity contribution < 1.29 is 13.9 Å². The summed E-state index contributed by atoms with van der Waals surface area (Å²) in [6, 6.07) is 4.85. The van der Waals surface area contributed by atoms with E-state index < -0.39 is 0 Å². The lowest BCUT2D eigenvalue weighted by Crippen LogP contribution is -2.10. The lowest BCUT2D eigenvalue weighted by Gasteiger charge is -2.11. The van der Waals surface area contributed by atoms with Crippen LogP contribution in [-0.2, 0) is 11.2 Å². The third kappa shape index (κ3) is 3.49. The molecular formula is C11H16FNO2. The Morgan fingerprint density at radius 2 is 2.13 bits per heavy atom. The smallest absolute Gasteiger partial charge is 0.165 e. The van der Waals surface area contributed by atoms with Gasteiger partial charge in [0.15, 0.2) is 11.6 Å². The van der Waals surface area contributed by atoms with Gasteiger partial charge in [-0.25, -0.2) is 4.39 Å². The maximum Gasteiger partial charge on any atom is 0.165 e. The van der Waals surface area contributed by atoms with Crippen molar-refractivity contribution in [2.24, 2.45) is 5.73 Å². The Balaban J connectivity index is 2.72. The molecule has 0 saturated carbocycles. The van der Waals surface area contributed by atoms with Crippen LogP contribution in [0.3, 0.4) is 0 Å². The van der Waals surface area contributed by atoms with Crippen molar-refractivity contribution in [3.8, 4) is 5.75 Å². The number of hydrogen-bond donors (Lipinski definition) is 1. The van der Waals surface area contributed by atoms with Gasteiger partial charge in [-0.1, -0.05) is 12.1 Å². The minimum Gasteiger partial charge on any atom is -0.488 e. The van der Waals surface area contributed by atoms with Gasteiger partial charge in [0.2, 0.25) is 0 Å². The van der Waals surface area contributed by atoms with Gasteiger partial charge < -0.3 is 15.2 Å². The van der Waals surface area contributed by atoms with Gasteiger partial charge in [-0.15, -0.1) is 0 Å². The van der Waals surface area contributed by atoms with Crippen LogP contribution in [0.15, 0.2) is 18.2 Å². The van der Waals surface area contributed by atoms with Crippen molar-refractivity contribution in [1.82, 2.24) is 0 Å². The molecule has 0 atom stereocenters. The maximum absolute atomic E-state index is 13.4. The highest BCUT2D eigenvalue weighted by atomic mass is 19.1. The molecule has 0 fully saturated rings. The summed E-state index contributed by atoms with van der Waals surface area (Å²) in [6.07, 6.45) is 0.611. The second kappa shape index (κ2) is 6.37. The van der Waals surface area contributed by atoms with Crippen LogP contribution >= 0.6 is 0 Å². The van der Waals surface area contributed by atoms with Gasteiger partial charge in [0, 0.05) is 7.11 Å². The monoisotopic (exact) mass is 213 g/mol.